The summed E-state index contributed by atoms with van der Waals surface area (Å²) in [7, 11) is 0. The summed E-state index contributed by atoms with van der Waals surface area (Å²) in [5, 5.41) is 14.8. The number of carboxylic acid groups (broad SMARTS) is 1. The molecule has 0 bridgehead atoms. The van der Waals surface area contributed by atoms with E-state index in [4.69, 9.17) is 11.6 Å². The number of nitrogens with one attached hydrogen (secondary N) is 1. The van der Waals surface area contributed by atoms with Crippen LogP contribution in [0, 0.1) is 5.82 Å². The second-order valence-corrected chi connectivity index (χ2v) is 8.09. The first-order valence-corrected chi connectivity index (χ1v) is 10.4. The number of carboxylic acids is 1. The first-order valence-electron chi connectivity index (χ1n) is 10.1. The van der Waals surface area contributed by atoms with Crippen LogP contribution in [0.5, 0.6) is 0 Å². The van der Waals surface area contributed by atoms with Gasteiger partial charge in [-0.05, 0) is 36.6 Å². The van der Waals surface area contributed by atoms with E-state index in [9.17, 15) is 14.3 Å². The van der Waals surface area contributed by atoms with E-state index in [0.29, 0.717) is 23.2 Å². The molecule has 1 heterocycles. The van der Waals surface area contributed by atoms with Crippen LogP contribution in [0.3, 0.4) is 0 Å². The van der Waals surface area contributed by atoms with E-state index in [2.05, 4.69) is 5.32 Å². The molecule has 0 spiro atoms. The topological polar surface area (TPSA) is 54.3 Å². The molecule has 0 amide bonds. The molecule has 6 heteroatoms. The number of carbonyl (C=O) groups is 1. The first kappa shape index (κ1) is 19.9. The third-order valence-electron chi connectivity index (χ3n) is 5.79. The van der Waals surface area contributed by atoms with Crippen LogP contribution in [0.1, 0.15) is 53.7 Å². The van der Waals surface area contributed by atoms with Gasteiger partial charge in [0.1, 0.15) is 11.5 Å². The molecule has 3 aromatic rings. The van der Waals surface area contributed by atoms with Gasteiger partial charge >= 0.3 is 5.97 Å². The molecule has 152 valence electrons. The lowest BCUT2D eigenvalue weighted by molar-refractivity contribution is 0.0684. The molecule has 4 rings (SSSR count). The lowest BCUT2D eigenvalue weighted by Crippen LogP contribution is -2.31. The molecule has 0 radical (unpaired) electrons. The fourth-order valence-corrected chi connectivity index (χ4v) is 4.56. The summed E-state index contributed by atoms with van der Waals surface area (Å²) in [5.74, 6) is -1.38. The zero-order valence-electron chi connectivity index (χ0n) is 16.1. The predicted molar refractivity (Wildman–Crippen MR) is 113 cm³/mol. The average Bonchev–Trinajstić information content (AvgIpc) is 3.03. The van der Waals surface area contributed by atoms with Gasteiger partial charge in [-0.1, -0.05) is 55.1 Å². The van der Waals surface area contributed by atoms with Crippen LogP contribution in [0.15, 0.2) is 42.5 Å². The molecule has 2 N–H and O–H groups in total. The van der Waals surface area contributed by atoms with Gasteiger partial charge in [-0.2, -0.15) is 0 Å². The van der Waals surface area contributed by atoms with Gasteiger partial charge in [0.15, 0.2) is 0 Å². The summed E-state index contributed by atoms with van der Waals surface area (Å²) >= 11 is 6.22. The molecular formula is C23H24ClFN2O2. The van der Waals surface area contributed by atoms with Crippen molar-refractivity contribution in [2.45, 2.75) is 51.2 Å². The highest BCUT2D eigenvalue weighted by molar-refractivity contribution is 6.31. The van der Waals surface area contributed by atoms with Gasteiger partial charge in [0.05, 0.1) is 0 Å². The number of fused-ring (bicyclic) bond motifs is 1. The molecule has 1 fully saturated rings. The van der Waals surface area contributed by atoms with Crippen molar-refractivity contribution in [3.8, 4) is 0 Å². The van der Waals surface area contributed by atoms with Crippen LogP contribution >= 0.6 is 11.6 Å². The SMILES string of the molecule is O=C(O)c1c(CNC2CCCCC2)c2ccccc2n1Cc1ccc(F)cc1Cl. The Hall–Kier alpha value is -2.37. The Labute approximate surface area is 174 Å². The smallest absolute Gasteiger partial charge is 0.352 e. The van der Waals surface area contributed by atoms with E-state index in [1.54, 1.807) is 10.6 Å². The van der Waals surface area contributed by atoms with Crippen LogP contribution < -0.4 is 5.32 Å². The average molecular weight is 415 g/mol. The normalized spacial score (nSPS) is 15.1. The van der Waals surface area contributed by atoms with Crippen molar-refractivity contribution in [3.05, 3.63) is 70.1 Å². The number of aromatic carboxylic acids is 1. The monoisotopic (exact) mass is 414 g/mol. The molecule has 1 aliphatic rings. The van der Waals surface area contributed by atoms with Crippen LogP contribution in [0.2, 0.25) is 5.02 Å². The zero-order valence-corrected chi connectivity index (χ0v) is 16.9. The van der Waals surface area contributed by atoms with E-state index >= 15 is 0 Å². The molecule has 0 saturated heterocycles. The maximum atomic E-state index is 13.4. The summed E-state index contributed by atoms with van der Waals surface area (Å²) < 4.78 is 15.2. The fraction of sp³-hybridized carbons (Fsp3) is 0.348. The highest BCUT2D eigenvalue weighted by Crippen LogP contribution is 2.30. The summed E-state index contributed by atoms with van der Waals surface area (Å²) in [6.07, 6.45) is 5.97. The minimum atomic E-state index is -0.972. The highest BCUT2D eigenvalue weighted by Gasteiger charge is 2.24. The van der Waals surface area contributed by atoms with Gasteiger partial charge in [-0.15, -0.1) is 0 Å². The molecule has 0 atom stereocenters. The molecule has 1 aliphatic carbocycles. The second-order valence-electron chi connectivity index (χ2n) is 7.69. The van der Waals surface area contributed by atoms with Gasteiger partial charge in [-0.25, -0.2) is 9.18 Å². The maximum Gasteiger partial charge on any atom is 0.352 e. The third kappa shape index (κ3) is 4.16. The van der Waals surface area contributed by atoms with Gasteiger partial charge in [0.2, 0.25) is 0 Å². The Morgan fingerprint density at radius 1 is 1.17 bits per heavy atom. The van der Waals surface area contributed by atoms with E-state index in [1.165, 1.54) is 31.4 Å². The van der Waals surface area contributed by atoms with Crippen LogP contribution in [-0.4, -0.2) is 21.7 Å². The molecule has 2 aromatic carbocycles. The third-order valence-corrected chi connectivity index (χ3v) is 6.15. The summed E-state index contributed by atoms with van der Waals surface area (Å²) in [4.78, 5) is 12.3. The number of benzene rings is 2. The predicted octanol–water partition coefficient (Wildman–Crippen LogP) is 5.60. The summed E-state index contributed by atoms with van der Waals surface area (Å²) in [6.45, 7) is 0.779. The highest BCUT2D eigenvalue weighted by atomic mass is 35.5. The summed E-state index contributed by atoms with van der Waals surface area (Å²) in [6, 6.07) is 12.3. The minimum Gasteiger partial charge on any atom is -0.477 e. The Morgan fingerprint density at radius 3 is 2.66 bits per heavy atom. The van der Waals surface area contributed by atoms with Crippen molar-refractivity contribution in [1.29, 1.82) is 0 Å². The van der Waals surface area contributed by atoms with E-state index in [-0.39, 0.29) is 12.2 Å². The molecule has 1 saturated carbocycles. The number of nitrogens with zero attached hydrogens (tertiary/aromatic N) is 1. The van der Waals surface area contributed by atoms with Crippen LogP contribution in [-0.2, 0) is 13.1 Å². The fourth-order valence-electron chi connectivity index (χ4n) is 4.34. The van der Waals surface area contributed by atoms with Crippen molar-refractivity contribution >= 4 is 28.5 Å². The van der Waals surface area contributed by atoms with Crippen molar-refractivity contribution in [2.75, 3.05) is 0 Å². The van der Waals surface area contributed by atoms with Crippen molar-refractivity contribution < 1.29 is 14.3 Å². The minimum absolute atomic E-state index is 0.259. The van der Waals surface area contributed by atoms with Gasteiger partial charge in [0, 0.05) is 40.6 Å². The Morgan fingerprint density at radius 2 is 1.93 bits per heavy atom. The van der Waals surface area contributed by atoms with Gasteiger partial charge < -0.3 is 15.0 Å². The molecule has 29 heavy (non-hydrogen) atoms. The molecule has 0 aliphatic heterocycles. The van der Waals surface area contributed by atoms with Gasteiger partial charge in [-0.3, -0.25) is 0 Å². The first-order chi connectivity index (χ1) is 14.0. The zero-order chi connectivity index (χ0) is 20.4. The van der Waals surface area contributed by atoms with E-state index < -0.39 is 11.8 Å². The van der Waals surface area contributed by atoms with E-state index in [0.717, 1.165) is 29.3 Å². The van der Waals surface area contributed by atoms with Crippen molar-refractivity contribution in [3.63, 3.8) is 0 Å². The summed E-state index contributed by atoms with van der Waals surface area (Å²) in [5.41, 5.74) is 2.57. The van der Waals surface area contributed by atoms with Crippen LogP contribution in [0.25, 0.3) is 10.9 Å². The number of aromatic nitrogens is 1. The van der Waals surface area contributed by atoms with Crippen LogP contribution in [0.4, 0.5) is 4.39 Å². The second kappa shape index (κ2) is 8.56. The van der Waals surface area contributed by atoms with E-state index in [1.807, 2.05) is 24.3 Å². The molecular weight excluding hydrogens is 391 g/mol. The largest absolute Gasteiger partial charge is 0.477 e. The number of hydrogen-bond donors (Lipinski definition) is 2. The Balaban J connectivity index is 1.75. The number of rotatable bonds is 6. The molecule has 4 nitrogen and oxygen atoms in total. The Kier molecular flexibility index (Phi) is 5.88. The standard InChI is InChI=1S/C23H24ClFN2O2/c24-20-12-16(25)11-10-15(20)14-27-21-9-5-4-8-18(21)19(22(27)23(28)29)13-26-17-6-2-1-3-7-17/h4-5,8-12,17,26H,1-3,6-7,13-14H2,(H,28,29). The maximum absolute atomic E-state index is 13.4. The lowest BCUT2D eigenvalue weighted by Gasteiger charge is -2.23. The number of halogens is 2. The quantitative estimate of drug-likeness (QED) is 0.551. The van der Waals surface area contributed by atoms with Crippen molar-refractivity contribution in [2.24, 2.45) is 0 Å². The molecule has 0 unspecified atom stereocenters. The Bertz CT molecular complexity index is 1040. The van der Waals surface area contributed by atoms with Crippen molar-refractivity contribution in [1.82, 2.24) is 9.88 Å². The lowest BCUT2D eigenvalue weighted by atomic mass is 9.95. The number of hydrogen-bond acceptors (Lipinski definition) is 2. The molecule has 1 aromatic heterocycles. The number of para-hydroxylation sites is 1. The van der Waals surface area contributed by atoms with Gasteiger partial charge in [0.25, 0.3) is 0 Å².